The van der Waals surface area contributed by atoms with E-state index in [-0.39, 0.29) is 0 Å². The van der Waals surface area contributed by atoms with Crippen LogP contribution in [-0.4, -0.2) is 18.4 Å². The minimum Gasteiger partial charge on any atom is -0.497 e. The van der Waals surface area contributed by atoms with Crippen LogP contribution in [-0.2, 0) is 16.6 Å². The van der Waals surface area contributed by atoms with E-state index in [2.05, 4.69) is 0 Å². The average molecular weight is 276 g/mol. The Balaban J connectivity index is 2.11. The van der Waals surface area contributed by atoms with Crippen molar-refractivity contribution in [2.45, 2.75) is 10.6 Å². The zero-order valence-electron chi connectivity index (χ0n) is 11.0. The summed E-state index contributed by atoms with van der Waals surface area (Å²) in [5.74, 6) is 2.01. The molecular formula is C15H16O3S. The zero-order valence-corrected chi connectivity index (χ0v) is 11.8. The summed E-state index contributed by atoms with van der Waals surface area (Å²) >= 11 is 0. The summed E-state index contributed by atoms with van der Waals surface area (Å²) in [4.78, 5) is 0.773. The van der Waals surface area contributed by atoms with Crippen molar-refractivity contribution in [1.82, 2.24) is 0 Å². The normalized spacial score (nSPS) is 11.9. The Hall–Kier alpha value is -1.81. The number of rotatable bonds is 5. The van der Waals surface area contributed by atoms with Gasteiger partial charge in [0, 0.05) is 4.90 Å². The van der Waals surface area contributed by atoms with Crippen molar-refractivity contribution in [1.29, 1.82) is 0 Å². The van der Waals surface area contributed by atoms with Crippen LogP contribution in [0.15, 0.2) is 53.4 Å². The second kappa shape index (κ2) is 6.38. The van der Waals surface area contributed by atoms with Crippen LogP contribution in [0.3, 0.4) is 0 Å². The van der Waals surface area contributed by atoms with Crippen molar-refractivity contribution in [3.8, 4) is 11.5 Å². The highest BCUT2D eigenvalue weighted by Crippen LogP contribution is 2.19. The van der Waals surface area contributed by atoms with Crippen molar-refractivity contribution in [3.05, 3.63) is 54.1 Å². The quantitative estimate of drug-likeness (QED) is 0.842. The Morgan fingerprint density at radius 2 is 1.63 bits per heavy atom. The molecule has 0 aliphatic carbocycles. The summed E-state index contributed by atoms with van der Waals surface area (Å²) in [6.07, 6.45) is 0. The van der Waals surface area contributed by atoms with Gasteiger partial charge in [-0.3, -0.25) is 4.21 Å². The summed E-state index contributed by atoms with van der Waals surface area (Å²) in [6.45, 7) is 0. The van der Waals surface area contributed by atoms with Gasteiger partial charge in [-0.05, 0) is 35.9 Å². The van der Waals surface area contributed by atoms with Gasteiger partial charge in [0.25, 0.3) is 0 Å². The standard InChI is InChI=1S/C15H16O3S/c1-17-13-8-6-12(7-9-13)11-19(16)15-5-3-4-14(10-15)18-2/h3-10H,11H2,1-2H3. The lowest BCUT2D eigenvalue weighted by molar-refractivity contribution is 0.413. The molecule has 0 aliphatic rings. The van der Waals surface area contributed by atoms with Crippen molar-refractivity contribution in [2.24, 2.45) is 0 Å². The summed E-state index contributed by atoms with van der Waals surface area (Å²) in [5, 5.41) is 0. The highest BCUT2D eigenvalue weighted by Gasteiger charge is 2.06. The molecule has 1 atom stereocenters. The number of hydrogen-bond donors (Lipinski definition) is 0. The van der Waals surface area contributed by atoms with E-state index in [9.17, 15) is 4.21 Å². The van der Waals surface area contributed by atoms with Crippen molar-refractivity contribution in [2.75, 3.05) is 14.2 Å². The first-order valence-corrected chi connectivity index (χ1v) is 7.20. The van der Waals surface area contributed by atoms with Gasteiger partial charge < -0.3 is 9.47 Å². The van der Waals surface area contributed by atoms with Gasteiger partial charge in [-0.25, -0.2) is 0 Å². The fraction of sp³-hybridized carbons (Fsp3) is 0.200. The Kier molecular flexibility index (Phi) is 4.58. The molecule has 2 aromatic carbocycles. The van der Waals surface area contributed by atoms with Gasteiger partial charge in [0.1, 0.15) is 11.5 Å². The highest BCUT2D eigenvalue weighted by molar-refractivity contribution is 7.84. The van der Waals surface area contributed by atoms with Crippen LogP contribution in [0.4, 0.5) is 0 Å². The smallest absolute Gasteiger partial charge is 0.120 e. The molecule has 0 spiro atoms. The lowest BCUT2D eigenvalue weighted by Crippen LogP contribution is -1.97. The fourth-order valence-corrected chi connectivity index (χ4v) is 2.84. The van der Waals surface area contributed by atoms with Crippen molar-refractivity contribution in [3.63, 3.8) is 0 Å². The largest absolute Gasteiger partial charge is 0.497 e. The fourth-order valence-electron chi connectivity index (χ4n) is 1.70. The van der Waals surface area contributed by atoms with E-state index >= 15 is 0 Å². The Labute approximate surface area is 115 Å². The first-order chi connectivity index (χ1) is 9.22. The number of methoxy groups -OCH3 is 2. The van der Waals surface area contributed by atoms with E-state index in [1.807, 2.05) is 42.5 Å². The van der Waals surface area contributed by atoms with Crippen LogP contribution in [0.25, 0.3) is 0 Å². The molecule has 4 heteroatoms. The molecule has 0 fully saturated rings. The number of ether oxygens (including phenoxy) is 2. The van der Waals surface area contributed by atoms with E-state index in [4.69, 9.17) is 9.47 Å². The van der Waals surface area contributed by atoms with Gasteiger partial charge in [-0.1, -0.05) is 18.2 Å². The van der Waals surface area contributed by atoms with Gasteiger partial charge in [0.15, 0.2) is 0 Å². The van der Waals surface area contributed by atoms with Gasteiger partial charge in [0.05, 0.1) is 30.8 Å². The Morgan fingerprint density at radius 1 is 0.947 bits per heavy atom. The van der Waals surface area contributed by atoms with E-state index in [0.717, 1.165) is 22.0 Å². The van der Waals surface area contributed by atoms with Crippen molar-refractivity contribution < 1.29 is 13.7 Å². The zero-order chi connectivity index (χ0) is 13.7. The average Bonchev–Trinajstić information content (AvgIpc) is 2.48. The van der Waals surface area contributed by atoms with Crippen LogP contribution in [0.5, 0.6) is 11.5 Å². The van der Waals surface area contributed by atoms with Gasteiger partial charge >= 0.3 is 0 Å². The minimum absolute atomic E-state index is 0.483. The van der Waals surface area contributed by atoms with Gasteiger partial charge in [-0.15, -0.1) is 0 Å². The van der Waals surface area contributed by atoms with E-state index in [1.165, 1.54) is 0 Å². The molecular weight excluding hydrogens is 260 g/mol. The third-order valence-electron chi connectivity index (χ3n) is 2.76. The van der Waals surface area contributed by atoms with E-state index in [1.54, 1.807) is 20.3 Å². The van der Waals surface area contributed by atoms with Crippen LogP contribution in [0, 0.1) is 0 Å². The summed E-state index contributed by atoms with van der Waals surface area (Å²) < 4.78 is 22.5. The SMILES string of the molecule is COc1ccc(CS(=O)c2cccc(OC)c2)cc1. The third kappa shape index (κ3) is 3.58. The molecule has 0 heterocycles. The first kappa shape index (κ1) is 13.6. The summed E-state index contributed by atoms with van der Waals surface area (Å²) in [7, 11) is 2.16. The third-order valence-corrected chi connectivity index (χ3v) is 4.14. The Morgan fingerprint density at radius 3 is 2.26 bits per heavy atom. The van der Waals surface area contributed by atoms with Crippen LogP contribution >= 0.6 is 0 Å². The Bertz CT molecular complexity index is 564. The molecule has 0 aliphatic heterocycles. The molecule has 0 saturated heterocycles. The lowest BCUT2D eigenvalue weighted by Gasteiger charge is -2.06. The molecule has 2 aromatic rings. The maximum Gasteiger partial charge on any atom is 0.120 e. The maximum atomic E-state index is 12.3. The molecule has 0 N–H and O–H groups in total. The topological polar surface area (TPSA) is 35.5 Å². The van der Waals surface area contributed by atoms with Crippen molar-refractivity contribution >= 4 is 10.8 Å². The number of benzene rings is 2. The van der Waals surface area contributed by atoms with Crippen LogP contribution in [0.2, 0.25) is 0 Å². The van der Waals surface area contributed by atoms with Gasteiger partial charge in [0.2, 0.25) is 0 Å². The second-order valence-electron chi connectivity index (χ2n) is 4.02. The summed E-state index contributed by atoms with van der Waals surface area (Å²) in [5.41, 5.74) is 1.02. The highest BCUT2D eigenvalue weighted by atomic mass is 32.2. The molecule has 19 heavy (non-hydrogen) atoms. The second-order valence-corrected chi connectivity index (χ2v) is 5.47. The van der Waals surface area contributed by atoms with Crippen LogP contribution < -0.4 is 9.47 Å². The van der Waals surface area contributed by atoms with Gasteiger partial charge in [-0.2, -0.15) is 0 Å². The summed E-state index contributed by atoms with van der Waals surface area (Å²) in [6, 6.07) is 14.9. The van der Waals surface area contributed by atoms with E-state index in [0.29, 0.717) is 5.75 Å². The molecule has 100 valence electrons. The molecule has 3 nitrogen and oxygen atoms in total. The molecule has 0 bridgehead atoms. The molecule has 1 unspecified atom stereocenters. The monoisotopic (exact) mass is 276 g/mol. The first-order valence-electron chi connectivity index (χ1n) is 5.88. The number of hydrogen-bond acceptors (Lipinski definition) is 3. The van der Waals surface area contributed by atoms with E-state index < -0.39 is 10.8 Å². The predicted octanol–water partition coefficient (Wildman–Crippen LogP) is 3.01. The molecule has 0 aromatic heterocycles. The molecule has 0 radical (unpaired) electrons. The predicted molar refractivity (Wildman–Crippen MR) is 76.1 cm³/mol. The maximum absolute atomic E-state index is 12.3. The minimum atomic E-state index is -1.08. The van der Waals surface area contributed by atoms with Crippen LogP contribution in [0.1, 0.15) is 5.56 Å². The molecule has 0 saturated carbocycles. The molecule has 0 amide bonds. The lowest BCUT2D eigenvalue weighted by atomic mass is 10.2. The molecule has 2 rings (SSSR count).